The van der Waals surface area contributed by atoms with Crippen molar-refractivity contribution in [3.8, 4) is 0 Å². The fourth-order valence-electron chi connectivity index (χ4n) is 1.72. The topological polar surface area (TPSA) is 66.3 Å². The summed E-state index contributed by atoms with van der Waals surface area (Å²) >= 11 is 6.94. The van der Waals surface area contributed by atoms with Gasteiger partial charge in [0.1, 0.15) is 10.9 Å². The molecule has 1 aromatic heterocycles. The molecule has 1 unspecified atom stereocenters. The summed E-state index contributed by atoms with van der Waals surface area (Å²) in [6.07, 6.45) is 1.19. The molecule has 1 aliphatic heterocycles. The quantitative estimate of drug-likeness (QED) is 0.887. The Morgan fingerprint density at radius 2 is 2.24 bits per heavy atom. The lowest BCUT2D eigenvalue weighted by atomic mass is 10.3. The number of anilines is 1. The molecule has 2 aliphatic rings. The molecule has 2 heterocycles. The van der Waals surface area contributed by atoms with E-state index in [1.54, 1.807) is 6.92 Å². The Balaban J connectivity index is 1.91. The van der Waals surface area contributed by atoms with E-state index in [2.05, 4.69) is 9.36 Å². The molecular formula is C10H10ClN3O2S. The van der Waals surface area contributed by atoms with Crippen LogP contribution in [0.2, 0.25) is 0 Å². The minimum absolute atomic E-state index is 0.0701. The number of rotatable bonds is 2. The number of halogens is 1. The van der Waals surface area contributed by atoms with Crippen molar-refractivity contribution < 1.29 is 9.90 Å². The first-order valence-corrected chi connectivity index (χ1v) is 6.46. The summed E-state index contributed by atoms with van der Waals surface area (Å²) in [6, 6.07) is 0. The maximum Gasteiger partial charge on any atom is 0.274 e. The molecule has 1 atom stereocenters. The summed E-state index contributed by atoms with van der Waals surface area (Å²) in [4.78, 5) is 17.3. The first kappa shape index (κ1) is 11.1. The van der Waals surface area contributed by atoms with Crippen LogP contribution in [0.15, 0.2) is 10.6 Å². The van der Waals surface area contributed by atoms with Gasteiger partial charge in [-0.2, -0.15) is 4.37 Å². The van der Waals surface area contributed by atoms with Crippen molar-refractivity contribution in [2.24, 2.45) is 0 Å². The van der Waals surface area contributed by atoms with Crippen molar-refractivity contribution in [3.05, 3.63) is 16.4 Å². The van der Waals surface area contributed by atoms with Gasteiger partial charge in [-0.05, 0) is 19.8 Å². The van der Waals surface area contributed by atoms with Crippen LogP contribution < -0.4 is 4.90 Å². The number of carbonyl (C=O) groups excluding carboxylic acids is 1. The highest BCUT2D eigenvalue weighted by Gasteiger charge is 2.39. The number of nitrogens with zero attached hydrogens (tertiary/aromatic N) is 3. The number of hydrogen-bond acceptors (Lipinski definition) is 5. The number of aromatic nitrogens is 2. The van der Waals surface area contributed by atoms with Crippen molar-refractivity contribution in [2.45, 2.75) is 31.9 Å². The van der Waals surface area contributed by atoms with E-state index in [1.165, 1.54) is 4.90 Å². The van der Waals surface area contributed by atoms with Gasteiger partial charge in [-0.1, -0.05) is 11.6 Å². The third-order valence-corrected chi connectivity index (χ3v) is 4.15. The Labute approximate surface area is 107 Å². The van der Waals surface area contributed by atoms with Crippen LogP contribution in [0.5, 0.6) is 0 Å². The number of aliphatic hydroxyl groups is 1. The smallest absolute Gasteiger partial charge is 0.274 e. The minimum atomic E-state index is -1.02. The average Bonchev–Trinajstić information content (AvgIpc) is 3.03. The molecule has 0 radical (unpaired) electrons. The molecule has 1 N–H and O–H groups in total. The van der Waals surface area contributed by atoms with E-state index >= 15 is 0 Å². The monoisotopic (exact) mass is 271 g/mol. The average molecular weight is 272 g/mol. The molecule has 90 valence electrons. The fraction of sp³-hybridized carbons (Fsp3) is 0.500. The molecule has 1 aliphatic carbocycles. The molecule has 0 saturated heterocycles. The molecule has 0 spiro atoms. The third kappa shape index (κ3) is 1.67. The summed E-state index contributed by atoms with van der Waals surface area (Å²) in [6.45, 7) is 1.63. The second kappa shape index (κ2) is 3.76. The van der Waals surface area contributed by atoms with Crippen LogP contribution >= 0.6 is 23.1 Å². The van der Waals surface area contributed by atoms with Crippen molar-refractivity contribution >= 4 is 34.2 Å². The molecule has 1 fully saturated rings. The summed E-state index contributed by atoms with van der Waals surface area (Å²) in [5.41, 5.74) is 0.458. The molecule has 17 heavy (non-hydrogen) atoms. The largest absolute Gasteiger partial charge is 0.369 e. The Morgan fingerprint density at radius 1 is 1.53 bits per heavy atom. The SMILES string of the molecule is CC1=C(Cl)C(=O)N(c2nc(C3CC3)ns2)C1O. The lowest BCUT2D eigenvalue weighted by molar-refractivity contribution is -0.115. The number of carbonyl (C=O) groups is 1. The lowest BCUT2D eigenvalue weighted by Gasteiger charge is -2.17. The molecule has 0 bridgehead atoms. The zero-order chi connectivity index (χ0) is 12.2. The van der Waals surface area contributed by atoms with E-state index < -0.39 is 12.1 Å². The summed E-state index contributed by atoms with van der Waals surface area (Å²) in [7, 11) is 0. The van der Waals surface area contributed by atoms with Gasteiger partial charge in [0.2, 0.25) is 5.13 Å². The Bertz CT molecular complexity index is 523. The number of amides is 1. The van der Waals surface area contributed by atoms with Gasteiger partial charge >= 0.3 is 0 Å². The lowest BCUT2D eigenvalue weighted by Crippen LogP contribution is -2.35. The van der Waals surface area contributed by atoms with E-state index in [4.69, 9.17) is 11.6 Å². The summed E-state index contributed by atoms with van der Waals surface area (Å²) in [5, 5.41) is 10.4. The van der Waals surface area contributed by atoms with E-state index in [0.717, 1.165) is 30.2 Å². The number of aliphatic hydroxyl groups excluding tert-OH is 1. The third-order valence-electron chi connectivity index (χ3n) is 2.96. The predicted molar refractivity (Wildman–Crippen MR) is 63.9 cm³/mol. The van der Waals surface area contributed by atoms with Crippen molar-refractivity contribution in [1.29, 1.82) is 0 Å². The van der Waals surface area contributed by atoms with Crippen LogP contribution in [0.4, 0.5) is 5.13 Å². The zero-order valence-electron chi connectivity index (χ0n) is 9.05. The van der Waals surface area contributed by atoms with Crippen molar-refractivity contribution in [1.82, 2.24) is 9.36 Å². The predicted octanol–water partition coefficient (Wildman–Crippen LogP) is 1.59. The first-order valence-electron chi connectivity index (χ1n) is 5.31. The summed E-state index contributed by atoms with van der Waals surface area (Å²) < 4.78 is 4.21. The molecule has 1 aromatic rings. The summed E-state index contributed by atoms with van der Waals surface area (Å²) in [5.74, 6) is 0.792. The Kier molecular flexibility index (Phi) is 2.46. The molecule has 0 aromatic carbocycles. The molecule has 1 saturated carbocycles. The fourth-order valence-corrected chi connectivity index (χ4v) is 2.67. The van der Waals surface area contributed by atoms with Gasteiger partial charge in [-0.25, -0.2) is 4.98 Å². The first-order chi connectivity index (χ1) is 8.09. The highest BCUT2D eigenvalue weighted by Crippen LogP contribution is 2.41. The van der Waals surface area contributed by atoms with Gasteiger partial charge < -0.3 is 5.11 Å². The van der Waals surface area contributed by atoms with Crippen LogP contribution in [0.25, 0.3) is 0 Å². The molecule has 1 amide bonds. The second-order valence-corrected chi connectivity index (χ2v) is 5.36. The van der Waals surface area contributed by atoms with Gasteiger partial charge in [-0.3, -0.25) is 9.69 Å². The normalized spacial score (nSPS) is 25.0. The zero-order valence-corrected chi connectivity index (χ0v) is 10.6. The second-order valence-electron chi connectivity index (χ2n) is 4.26. The van der Waals surface area contributed by atoms with Crippen LogP contribution in [-0.4, -0.2) is 26.6 Å². The number of hydrogen-bond donors (Lipinski definition) is 1. The highest BCUT2D eigenvalue weighted by molar-refractivity contribution is 7.10. The Hall–Kier alpha value is -0.980. The molecular weight excluding hydrogens is 262 g/mol. The highest BCUT2D eigenvalue weighted by atomic mass is 35.5. The van der Waals surface area contributed by atoms with Crippen molar-refractivity contribution in [3.63, 3.8) is 0 Å². The minimum Gasteiger partial charge on any atom is -0.369 e. The van der Waals surface area contributed by atoms with Gasteiger partial charge in [0.25, 0.3) is 5.91 Å². The van der Waals surface area contributed by atoms with Crippen LogP contribution in [0.3, 0.4) is 0 Å². The van der Waals surface area contributed by atoms with E-state index in [-0.39, 0.29) is 5.03 Å². The van der Waals surface area contributed by atoms with Crippen molar-refractivity contribution in [2.75, 3.05) is 4.90 Å². The van der Waals surface area contributed by atoms with Crippen LogP contribution in [-0.2, 0) is 4.79 Å². The Morgan fingerprint density at radius 3 is 2.76 bits per heavy atom. The van der Waals surface area contributed by atoms with Gasteiger partial charge in [-0.15, -0.1) is 0 Å². The van der Waals surface area contributed by atoms with E-state index in [0.29, 0.717) is 16.6 Å². The van der Waals surface area contributed by atoms with Gasteiger partial charge in [0.15, 0.2) is 6.23 Å². The standard InChI is InChI=1S/C10H10ClN3O2S/c1-4-6(11)9(16)14(8(4)15)10-12-7(13-17-10)5-2-3-5/h5,8,15H,2-3H2,1H3. The van der Waals surface area contributed by atoms with Crippen LogP contribution in [0, 0.1) is 0 Å². The van der Waals surface area contributed by atoms with Crippen LogP contribution in [0.1, 0.15) is 31.5 Å². The maximum atomic E-state index is 11.8. The molecule has 3 rings (SSSR count). The maximum absolute atomic E-state index is 11.8. The van der Waals surface area contributed by atoms with Gasteiger partial charge in [0.05, 0.1) is 0 Å². The molecule has 7 heteroatoms. The van der Waals surface area contributed by atoms with Gasteiger partial charge in [0, 0.05) is 23.0 Å². The van der Waals surface area contributed by atoms with E-state index in [1.807, 2.05) is 0 Å². The van der Waals surface area contributed by atoms with E-state index in [9.17, 15) is 9.90 Å². The molecule has 5 nitrogen and oxygen atoms in total.